The van der Waals surface area contributed by atoms with Gasteiger partial charge in [-0.3, -0.25) is 0 Å². The van der Waals surface area contributed by atoms with Gasteiger partial charge in [-0.05, 0) is 0 Å². The predicted octanol–water partition coefficient (Wildman–Crippen LogP) is 18.6. The van der Waals surface area contributed by atoms with Crippen molar-refractivity contribution in [1.82, 2.24) is 0 Å². The summed E-state index contributed by atoms with van der Waals surface area (Å²) in [6.45, 7) is 50.5. The Labute approximate surface area is 268 Å². The Bertz CT molecular complexity index is 94.5. The van der Waals surface area contributed by atoms with Crippen molar-refractivity contribution in [3.8, 4) is 0 Å². The largest absolute Gasteiger partial charge is 0.0683 e. The summed E-state index contributed by atoms with van der Waals surface area (Å²) >= 11 is 0. The normalized spacial score (nSPS) is 6.60. The van der Waals surface area contributed by atoms with Crippen molar-refractivity contribution in [2.45, 2.75) is 269 Å². The van der Waals surface area contributed by atoms with Crippen LogP contribution in [0.1, 0.15) is 269 Å². The van der Waals surface area contributed by atoms with Gasteiger partial charge < -0.3 is 0 Å². The first kappa shape index (κ1) is 77.6. The lowest BCUT2D eigenvalue weighted by Crippen LogP contribution is -1.70. The van der Waals surface area contributed by atoms with Crippen LogP contribution in [0, 0.1) is 0 Å². The average Bonchev–Trinajstić information content (AvgIpc) is 2.97. The second-order valence-corrected chi connectivity index (χ2v) is 8.36. The Morgan fingerprint density at radius 2 is 0.250 bits per heavy atom. The van der Waals surface area contributed by atoms with Gasteiger partial charge in [0.05, 0.1) is 0 Å². The van der Waals surface area contributed by atoms with Crippen molar-refractivity contribution in [2.24, 2.45) is 0 Å². The monoisotopic (exact) mass is 585 g/mol. The molecule has 0 nitrogen and oxygen atoms in total. The smallest absolute Gasteiger partial charge is 0.0533 e. The first-order valence-electron chi connectivity index (χ1n) is 19.3. The Kier molecular flexibility index (Phi) is 427. The van der Waals surface area contributed by atoms with Gasteiger partial charge in [-0.1, -0.05) is 269 Å². The highest BCUT2D eigenvalue weighted by molar-refractivity contribution is 4.36. The fourth-order valence-corrected chi connectivity index (χ4v) is 1.35. The molecule has 0 aliphatic heterocycles. The van der Waals surface area contributed by atoms with E-state index in [-0.39, 0.29) is 0 Å². The zero-order valence-electron chi connectivity index (χ0n) is 35.3. The molecule has 0 spiro atoms. The lowest BCUT2D eigenvalue weighted by molar-refractivity contribution is 0.656. The van der Waals surface area contributed by atoms with E-state index in [1.54, 1.807) is 0 Å². The van der Waals surface area contributed by atoms with Crippen LogP contribution in [0.3, 0.4) is 0 Å². The molecule has 0 saturated heterocycles. The highest BCUT2D eigenvalue weighted by Crippen LogP contribution is 2.00. The summed E-state index contributed by atoms with van der Waals surface area (Å²) in [6.07, 6.45) is 21.5. The quantitative estimate of drug-likeness (QED) is 0.249. The predicted molar refractivity (Wildman–Crippen MR) is 210 cm³/mol. The van der Waals surface area contributed by atoms with Crippen molar-refractivity contribution in [3.05, 3.63) is 0 Å². The molecule has 0 unspecified atom stereocenters. The second kappa shape index (κ2) is 220. The van der Waals surface area contributed by atoms with Crippen molar-refractivity contribution < 1.29 is 0 Å². The molecule has 0 rings (SSSR count). The van der Waals surface area contributed by atoms with E-state index >= 15 is 0 Å². The van der Waals surface area contributed by atoms with E-state index in [0.29, 0.717) is 0 Å². The second-order valence-electron chi connectivity index (χ2n) is 8.36. The van der Waals surface area contributed by atoms with Crippen molar-refractivity contribution in [1.29, 1.82) is 0 Å². The van der Waals surface area contributed by atoms with E-state index in [1.807, 2.05) is 55.4 Å². The van der Waals surface area contributed by atoms with E-state index in [9.17, 15) is 0 Å². The van der Waals surface area contributed by atoms with Gasteiger partial charge in [0.2, 0.25) is 0 Å². The minimum Gasteiger partial charge on any atom is -0.0683 e. The first-order valence-corrected chi connectivity index (χ1v) is 19.3. The Hall–Kier alpha value is 0. The van der Waals surface area contributed by atoms with Gasteiger partial charge in [0, 0.05) is 0 Å². The van der Waals surface area contributed by atoms with Gasteiger partial charge in [0.15, 0.2) is 0 Å². The van der Waals surface area contributed by atoms with Gasteiger partial charge in [0.1, 0.15) is 0 Å². The molecule has 0 bridgehead atoms. The SMILES string of the molecule is CC.CC.CC.CC.CCC.CCC.CCC.CCC.CCC.CCC.CCCCCCC.CCCCCCC. The Balaban J connectivity index is -0.0000000222. The summed E-state index contributed by atoms with van der Waals surface area (Å²) in [5.41, 5.74) is 0. The third-order valence-corrected chi connectivity index (χ3v) is 2.41. The van der Waals surface area contributed by atoms with E-state index in [4.69, 9.17) is 0 Å². The molecule has 0 saturated carbocycles. The number of hydrogen-bond donors (Lipinski definition) is 0. The van der Waals surface area contributed by atoms with Gasteiger partial charge in [-0.2, -0.15) is 0 Å². The summed E-state index contributed by atoms with van der Waals surface area (Å²) < 4.78 is 0. The van der Waals surface area contributed by atoms with Crippen LogP contribution in [0.25, 0.3) is 0 Å². The average molecular weight is 585 g/mol. The molecule has 0 aliphatic rings. The molecular formula is C40H104. The summed E-state index contributed by atoms with van der Waals surface area (Å²) in [4.78, 5) is 0. The number of hydrogen-bond acceptors (Lipinski definition) is 0. The van der Waals surface area contributed by atoms with Crippen molar-refractivity contribution in [3.63, 3.8) is 0 Å². The third kappa shape index (κ3) is 813. The van der Waals surface area contributed by atoms with Crippen LogP contribution in [0.2, 0.25) is 0 Å². The molecular weight excluding hydrogens is 480 g/mol. The van der Waals surface area contributed by atoms with Gasteiger partial charge in [-0.15, -0.1) is 0 Å². The molecule has 40 heavy (non-hydrogen) atoms. The van der Waals surface area contributed by atoms with Crippen LogP contribution >= 0.6 is 0 Å². The summed E-state index contributed by atoms with van der Waals surface area (Å²) in [6, 6.07) is 0. The molecule has 0 heterocycles. The molecule has 0 N–H and O–H groups in total. The summed E-state index contributed by atoms with van der Waals surface area (Å²) in [5, 5.41) is 0. The Morgan fingerprint density at radius 3 is 0.300 bits per heavy atom. The lowest BCUT2D eigenvalue weighted by atomic mass is 10.2. The molecule has 0 aliphatic carbocycles. The molecule has 264 valence electrons. The van der Waals surface area contributed by atoms with Gasteiger partial charge in [-0.25, -0.2) is 0 Å². The van der Waals surface area contributed by atoms with Gasteiger partial charge >= 0.3 is 0 Å². The summed E-state index contributed by atoms with van der Waals surface area (Å²) in [5.74, 6) is 0. The molecule has 0 aromatic heterocycles. The van der Waals surface area contributed by atoms with Crippen LogP contribution in [0.5, 0.6) is 0 Å². The molecule has 0 radical (unpaired) electrons. The van der Waals surface area contributed by atoms with Crippen LogP contribution < -0.4 is 0 Å². The fraction of sp³-hybridized carbons (Fsp3) is 1.00. The van der Waals surface area contributed by atoms with Crippen molar-refractivity contribution in [2.75, 3.05) is 0 Å². The maximum atomic E-state index is 2.25. The first-order chi connectivity index (χ1) is 19.3. The highest BCUT2D eigenvalue weighted by Gasteiger charge is 1.80. The maximum absolute atomic E-state index is 2.25. The van der Waals surface area contributed by atoms with E-state index in [1.165, 1.54) is 103 Å². The fourth-order valence-electron chi connectivity index (χ4n) is 1.35. The van der Waals surface area contributed by atoms with Crippen LogP contribution in [0.4, 0.5) is 0 Å². The minimum atomic E-state index is 1.25. The van der Waals surface area contributed by atoms with Crippen molar-refractivity contribution >= 4 is 0 Å². The minimum absolute atomic E-state index is 1.25. The molecule has 0 atom stereocenters. The molecule has 0 amide bonds. The molecule has 0 fully saturated rings. The van der Waals surface area contributed by atoms with Crippen LogP contribution in [0.15, 0.2) is 0 Å². The number of unbranched alkanes of at least 4 members (excludes halogenated alkanes) is 8. The van der Waals surface area contributed by atoms with Crippen LogP contribution in [-0.2, 0) is 0 Å². The van der Waals surface area contributed by atoms with Gasteiger partial charge in [0.25, 0.3) is 0 Å². The highest BCUT2D eigenvalue weighted by atomic mass is 13.9. The topological polar surface area (TPSA) is 0 Å². The van der Waals surface area contributed by atoms with E-state index in [0.717, 1.165) is 0 Å². The zero-order valence-corrected chi connectivity index (χ0v) is 35.3. The van der Waals surface area contributed by atoms with E-state index < -0.39 is 0 Å². The zero-order chi connectivity index (χ0) is 35.3. The molecule has 0 aromatic carbocycles. The summed E-state index contributed by atoms with van der Waals surface area (Å²) in [7, 11) is 0. The van der Waals surface area contributed by atoms with E-state index in [2.05, 4.69) is 111 Å². The molecule has 0 aromatic rings. The Morgan fingerprint density at radius 1 is 0.175 bits per heavy atom. The lowest BCUT2D eigenvalue weighted by Gasteiger charge is -1.90. The molecule has 0 heteroatoms. The standard InChI is InChI=1S/2C7H16.6C3H8.4C2H6/c2*1-3-5-7-6-4-2;6*1-3-2;4*1-2/h2*3-7H2,1-2H3;6*3H2,1-2H3;4*1-2H3. The maximum Gasteiger partial charge on any atom is -0.0533 e. The van der Waals surface area contributed by atoms with Crippen LogP contribution in [-0.4, -0.2) is 0 Å². The number of rotatable bonds is 8. The third-order valence-electron chi connectivity index (χ3n) is 2.41.